The summed E-state index contributed by atoms with van der Waals surface area (Å²) in [4.78, 5) is 2.33. The summed E-state index contributed by atoms with van der Waals surface area (Å²) >= 11 is 6.50. The van der Waals surface area contributed by atoms with E-state index in [2.05, 4.69) is 36.9 Å². The molecule has 0 radical (unpaired) electrons. The smallest absolute Gasteiger partial charge is 0.0825 e. The number of anilines is 1. The quantitative estimate of drug-likeness (QED) is 0.902. The number of methoxy groups -OCH3 is 1. The zero-order valence-electron chi connectivity index (χ0n) is 13.4. The highest BCUT2D eigenvalue weighted by Gasteiger charge is 2.31. The molecule has 2 atom stereocenters. The molecule has 1 aliphatic heterocycles. The largest absolute Gasteiger partial charge is 0.377 e. The van der Waals surface area contributed by atoms with Crippen LogP contribution in [0.3, 0.4) is 0 Å². The van der Waals surface area contributed by atoms with E-state index in [0.717, 1.165) is 49.5 Å². The topological polar surface area (TPSA) is 38.5 Å². The van der Waals surface area contributed by atoms with Gasteiger partial charge in [0.25, 0.3) is 0 Å². The third-order valence-electron chi connectivity index (χ3n) is 4.53. The normalized spacial score (nSPS) is 24.1. The molecular formula is C17H27ClN2O. The van der Waals surface area contributed by atoms with Crippen LogP contribution in [0.15, 0.2) is 18.2 Å². The maximum atomic E-state index is 6.50. The predicted octanol–water partition coefficient (Wildman–Crippen LogP) is 3.63. The Morgan fingerprint density at radius 3 is 2.86 bits per heavy atom. The van der Waals surface area contributed by atoms with Crippen molar-refractivity contribution in [3.63, 3.8) is 0 Å². The lowest BCUT2D eigenvalue weighted by molar-refractivity contribution is -0.00464. The number of nitrogens with two attached hydrogens (primary N) is 1. The van der Waals surface area contributed by atoms with Crippen molar-refractivity contribution in [2.45, 2.75) is 51.2 Å². The molecule has 3 nitrogen and oxygen atoms in total. The van der Waals surface area contributed by atoms with Gasteiger partial charge in [0.2, 0.25) is 0 Å². The molecule has 0 bridgehead atoms. The average Bonchev–Trinajstić information content (AvgIpc) is 2.47. The molecule has 2 rings (SSSR count). The highest BCUT2D eigenvalue weighted by Crippen LogP contribution is 2.33. The Morgan fingerprint density at radius 2 is 2.24 bits per heavy atom. The molecule has 2 unspecified atom stereocenters. The van der Waals surface area contributed by atoms with Crippen LogP contribution in [0.1, 0.15) is 38.7 Å². The molecule has 1 heterocycles. The number of hydrogen-bond acceptors (Lipinski definition) is 3. The van der Waals surface area contributed by atoms with Gasteiger partial charge in [0, 0.05) is 26.2 Å². The monoisotopic (exact) mass is 310 g/mol. The number of halogens is 1. The van der Waals surface area contributed by atoms with Crippen LogP contribution in [0, 0.1) is 0 Å². The van der Waals surface area contributed by atoms with Gasteiger partial charge in [-0.15, -0.1) is 0 Å². The second-order valence-electron chi connectivity index (χ2n) is 6.34. The first-order valence-electron chi connectivity index (χ1n) is 7.81. The van der Waals surface area contributed by atoms with Crippen molar-refractivity contribution in [1.29, 1.82) is 0 Å². The Hall–Kier alpha value is -0.770. The van der Waals surface area contributed by atoms with Crippen LogP contribution in [0.2, 0.25) is 5.02 Å². The number of benzene rings is 1. The number of hydrogen-bond donors (Lipinski definition) is 1. The fraction of sp³-hybridized carbons (Fsp3) is 0.647. The van der Waals surface area contributed by atoms with Crippen LogP contribution in [-0.2, 0) is 11.2 Å². The van der Waals surface area contributed by atoms with Crippen LogP contribution in [0.25, 0.3) is 0 Å². The van der Waals surface area contributed by atoms with Crippen LogP contribution in [0.4, 0.5) is 5.69 Å². The first-order valence-corrected chi connectivity index (χ1v) is 8.19. The van der Waals surface area contributed by atoms with E-state index in [1.54, 1.807) is 7.11 Å². The van der Waals surface area contributed by atoms with E-state index < -0.39 is 0 Å². The van der Waals surface area contributed by atoms with Gasteiger partial charge in [-0.1, -0.05) is 24.6 Å². The second-order valence-corrected chi connectivity index (χ2v) is 6.74. The number of piperidine rings is 1. The SMILES string of the molecule is CCC(N)Cc1ccc(N2CCCC(C)(OC)C2)c(Cl)c1. The minimum atomic E-state index is -0.0786. The molecule has 0 amide bonds. The third-order valence-corrected chi connectivity index (χ3v) is 4.83. The van der Waals surface area contributed by atoms with Crippen molar-refractivity contribution >= 4 is 17.3 Å². The summed E-state index contributed by atoms with van der Waals surface area (Å²) in [5.41, 5.74) is 8.26. The highest BCUT2D eigenvalue weighted by atomic mass is 35.5. The fourth-order valence-electron chi connectivity index (χ4n) is 2.96. The highest BCUT2D eigenvalue weighted by molar-refractivity contribution is 6.33. The van der Waals surface area contributed by atoms with Gasteiger partial charge < -0.3 is 15.4 Å². The van der Waals surface area contributed by atoms with Gasteiger partial charge in [0.05, 0.1) is 16.3 Å². The van der Waals surface area contributed by atoms with E-state index in [1.165, 1.54) is 5.56 Å². The first kappa shape index (κ1) is 16.6. The molecule has 0 aromatic heterocycles. The summed E-state index contributed by atoms with van der Waals surface area (Å²) in [6, 6.07) is 6.54. The van der Waals surface area contributed by atoms with Crippen molar-refractivity contribution in [2.24, 2.45) is 5.73 Å². The van der Waals surface area contributed by atoms with E-state index in [-0.39, 0.29) is 11.6 Å². The molecule has 1 aromatic rings. The van der Waals surface area contributed by atoms with Gasteiger partial charge in [0.15, 0.2) is 0 Å². The van der Waals surface area contributed by atoms with E-state index in [0.29, 0.717) is 0 Å². The maximum Gasteiger partial charge on any atom is 0.0825 e. The lowest BCUT2D eigenvalue weighted by atomic mass is 9.94. The van der Waals surface area contributed by atoms with Gasteiger partial charge in [0.1, 0.15) is 0 Å². The number of rotatable bonds is 5. The number of ether oxygens (including phenoxy) is 1. The molecule has 1 saturated heterocycles. The van der Waals surface area contributed by atoms with Crippen LogP contribution in [0.5, 0.6) is 0 Å². The molecule has 2 N–H and O–H groups in total. The van der Waals surface area contributed by atoms with Crippen molar-refractivity contribution in [1.82, 2.24) is 0 Å². The predicted molar refractivity (Wildman–Crippen MR) is 90.3 cm³/mol. The average molecular weight is 311 g/mol. The molecular weight excluding hydrogens is 284 g/mol. The van der Waals surface area contributed by atoms with Gasteiger partial charge in [-0.25, -0.2) is 0 Å². The summed E-state index contributed by atoms with van der Waals surface area (Å²) in [5.74, 6) is 0. The van der Waals surface area contributed by atoms with E-state index in [1.807, 2.05) is 0 Å². The van der Waals surface area contributed by atoms with Crippen LogP contribution < -0.4 is 10.6 Å². The zero-order chi connectivity index (χ0) is 15.5. The van der Waals surface area contributed by atoms with Gasteiger partial charge in [-0.2, -0.15) is 0 Å². The Balaban J connectivity index is 2.13. The lowest BCUT2D eigenvalue weighted by Gasteiger charge is -2.41. The summed E-state index contributed by atoms with van der Waals surface area (Å²) in [5, 5.41) is 0.816. The minimum Gasteiger partial charge on any atom is -0.377 e. The summed E-state index contributed by atoms with van der Waals surface area (Å²) in [6.45, 7) is 6.20. The van der Waals surface area contributed by atoms with Crippen molar-refractivity contribution < 1.29 is 4.74 Å². The molecule has 118 valence electrons. The molecule has 1 fully saturated rings. The van der Waals surface area contributed by atoms with Crippen molar-refractivity contribution in [2.75, 3.05) is 25.1 Å². The zero-order valence-corrected chi connectivity index (χ0v) is 14.1. The fourth-order valence-corrected chi connectivity index (χ4v) is 3.28. The lowest BCUT2D eigenvalue weighted by Crippen LogP contribution is -2.47. The van der Waals surface area contributed by atoms with E-state index in [4.69, 9.17) is 22.1 Å². The number of nitrogens with zero attached hydrogens (tertiary/aromatic N) is 1. The summed E-state index contributed by atoms with van der Waals surface area (Å²) < 4.78 is 5.66. The molecule has 21 heavy (non-hydrogen) atoms. The Labute approximate surface area is 133 Å². The Morgan fingerprint density at radius 1 is 1.48 bits per heavy atom. The molecule has 0 saturated carbocycles. The van der Waals surface area contributed by atoms with Crippen molar-refractivity contribution in [3.8, 4) is 0 Å². The Bertz CT molecular complexity index is 480. The molecule has 1 aliphatic rings. The summed E-state index contributed by atoms with van der Waals surface area (Å²) in [6.07, 6.45) is 4.09. The maximum absolute atomic E-state index is 6.50. The first-order chi connectivity index (χ1) is 9.97. The van der Waals surface area contributed by atoms with E-state index in [9.17, 15) is 0 Å². The summed E-state index contributed by atoms with van der Waals surface area (Å²) in [7, 11) is 1.79. The third kappa shape index (κ3) is 4.12. The molecule has 0 aliphatic carbocycles. The van der Waals surface area contributed by atoms with Crippen molar-refractivity contribution in [3.05, 3.63) is 28.8 Å². The molecule has 0 spiro atoms. The van der Waals surface area contributed by atoms with Gasteiger partial charge in [-0.3, -0.25) is 0 Å². The second kappa shape index (κ2) is 6.99. The minimum absolute atomic E-state index is 0.0786. The van der Waals surface area contributed by atoms with Crippen LogP contribution >= 0.6 is 11.6 Å². The van der Waals surface area contributed by atoms with Crippen LogP contribution in [-0.4, -0.2) is 31.8 Å². The van der Waals surface area contributed by atoms with E-state index >= 15 is 0 Å². The standard InChI is InChI=1S/C17H27ClN2O/c1-4-14(19)10-13-6-7-16(15(18)11-13)20-9-5-8-17(2,12-20)21-3/h6-7,11,14H,4-5,8-10,12,19H2,1-3H3. The molecule has 4 heteroatoms. The molecule has 1 aromatic carbocycles. The Kier molecular flexibility index (Phi) is 5.53. The van der Waals surface area contributed by atoms with Gasteiger partial charge >= 0.3 is 0 Å². The van der Waals surface area contributed by atoms with Gasteiger partial charge in [-0.05, 0) is 50.3 Å².